The Bertz CT molecular complexity index is 1150. The number of imidazole rings is 1. The number of amides is 1. The van der Waals surface area contributed by atoms with Crippen molar-refractivity contribution in [3.05, 3.63) is 41.3 Å². The number of pyridine rings is 1. The number of carbonyl (C=O) groups is 1. The molecule has 1 unspecified atom stereocenters. The van der Waals surface area contributed by atoms with Crippen LogP contribution < -0.4 is 10.6 Å². The highest BCUT2D eigenvalue weighted by atomic mass is 35.5. The van der Waals surface area contributed by atoms with Gasteiger partial charge in [0.2, 0.25) is 0 Å². The van der Waals surface area contributed by atoms with Crippen LogP contribution in [-0.2, 0) is 0 Å². The molecule has 0 spiro atoms. The van der Waals surface area contributed by atoms with Gasteiger partial charge in [0, 0.05) is 18.8 Å². The van der Waals surface area contributed by atoms with E-state index in [1.54, 1.807) is 6.07 Å². The number of hydrogen-bond acceptors (Lipinski definition) is 6. The minimum atomic E-state index is -4.40. The Kier molecular flexibility index (Phi) is 7.08. The molecule has 1 atom stereocenters. The fourth-order valence-corrected chi connectivity index (χ4v) is 2.96. The zero-order valence-electron chi connectivity index (χ0n) is 17.6. The van der Waals surface area contributed by atoms with E-state index < -0.39 is 43.4 Å². The van der Waals surface area contributed by atoms with Gasteiger partial charge in [-0.05, 0) is 19.9 Å². The molecule has 0 aliphatic heterocycles. The highest BCUT2D eigenvalue weighted by Crippen LogP contribution is 2.26. The standard InChI is InChI=1S/C20H21ClF4N6O2/c1-19(2,33)16(22)10-29-18(32)12-8-27-14(6-13(12)26-4-3-20(23,24)25)15-9-28-17-5-11(21)7-30-31(15)17/h5-9,16,33H,3-4,10H2,1-2H3,(H,26,27)(H,29,32). The van der Waals surface area contributed by atoms with Crippen LogP contribution in [0.5, 0.6) is 0 Å². The third-order valence-electron chi connectivity index (χ3n) is 4.67. The van der Waals surface area contributed by atoms with E-state index in [2.05, 4.69) is 25.7 Å². The lowest BCUT2D eigenvalue weighted by atomic mass is 10.0. The molecule has 3 rings (SSSR count). The second kappa shape index (κ2) is 9.48. The Hall–Kier alpha value is -2.99. The molecule has 0 aliphatic rings. The van der Waals surface area contributed by atoms with Crippen LogP contribution in [0.1, 0.15) is 30.6 Å². The summed E-state index contributed by atoms with van der Waals surface area (Å²) >= 11 is 5.91. The normalized spacial score (nSPS) is 13.2. The predicted octanol–water partition coefficient (Wildman–Crippen LogP) is 3.65. The molecule has 0 bridgehead atoms. The number of halogens is 5. The van der Waals surface area contributed by atoms with Crippen LogP contribution in [0.2, 0.25) is 5.02 Å². The monoisotopic (exact) mass is 488 g/mol. The first-order valence-corrected chi connectivity index (χ1v) is 10.2. The molecule has 0 saturated carbocycles. The van der Waals surface area contributed by atoms with Gasteiger partial charge in [-0.1, -0.05) is 11.6 Å². The third-order valence-corrected chi connectivity index (χ3v) is 4.88. The van der Waals surface area contributed by atoms with Gasteiger partial charge in [0.05, 0.1) is 52.9 Å². The van der Waals surface area contributed by atoms with Gasteiger partial charge >= 0.3 is 6.18 Å². The van der Waals surface area contributed by atoms with Crippen molar-refractivity contribution in [2.75, 3.05) is 18.4 Å². The zero-order chi connectivity index (χ0) is 24.4. The number of carbonyl (C=O) groups excluding carboxylic acids is 1. The lowest BCUT2D eigenvalue weighted by Crippen LogP contribution is -2.42. The summed E-state index contributed by atoms with van der Waals surface area (Å²) in [5.41, 5.74) is -0.588. The number of nitrogens with one attached hydrogen (secondary N) is 2. The Morgan fingerprint density at radius 2 is 1.94 bits per heavy atom. The SMILES string of the molecule is CC(C)(O)C(F)CNC(=O)c1cnc(-c2cnc3cc(Cl)cnn23)cc1NCCC(F)(F)F. The minimum Gasteiger partial charge on any atom is -0.387 e. The van der Waals surface area contributed by atoms with E-state index in [4.69, 9.17) is 11.6 Å². The summed E-state index contributed by atoms with van der Waals surface area (Å²) < 4.78 is 53.3. The molecule has 3 N–H and O–H groups in total. The number of alkyl halides is 4. The molecular weight excluding hydrogens is 468 g/mol. The molecule has 178 valence electrons. The number of hydrogen-bond donors (Lipinski definition) is 3. The minimum absolute atomic E-state index is 0.0596. The van der Waals surface area contributed by atoms with Crippen LogP contribution in [0.25, 0.3) is 17.0 Å². The van der Waals surface area contributed by atoms with Crippen molar-refractivity contribution in [2.24, 2.45) is 0 Å². The summed E-state index contributed by atoms with van der Waals surface area (Å²) in [5.74, 6) is -0.765. The lowest BCUT2D eigenvalue weighted by Gasteiger charge is -2.22. The molecule has 8 nitrogen and oxygen atoms in total. The van der Waals surface area contributed by atoms with Crippen molar-refractivity contribution in [1.82, 2.24) is 24.9 Å². The maximum atomic E-state index is 14.0. The summed E-state index contributed by atoms with van der Waals surface area (Å²) in [5, 5.41) is 19.1. The zero-order valence-corrected chi connectivity index (χ0v) is 18.4. The van der Waals surface area contributed by atoms with Gasteiger partial charge in [0.15, 0.2) is 5.65 Å². The highest BCUT2D eigenvalue weighted by molar-refractivity contribution is 6.30. The number of aromatic nitrogens is 4. The second-order valence-corrected chi connectivity index (χ2v) is 8.26. The van der Waals surface area contributed by atoms with Gasteiger partial charge in [-0.15, -0.1) is 0 Å². The van der Waals surface area contributed by atoms with Crippen LogP contribution in [0.15, 0.2) is 30.7 Å². The molecule has 0 radical (unpaired) electrons. The molecular formula is C20H21ClF4N6O2. The first-order chi connectivity index (χ1) is 15.3. The van der Waals surface area contributed by atoms with Crippen LogP contribution in [-0.4, -0.2) is 61.6 Å². The molecule has 33 heavy (non-hydrogen) atoms. The van der Waals surface area contributed by atoms with Gasteiger partial charge in [-0.3, -0.25) is 9.78 Å². The maximum Gasteiger partial charge on any atom is 0.390 e. The van der Waals surface area contributed by atoms with E-state index in [0.29, 0.717) is 16.4 Å². The quantitative estimate of drug-likeness (QED) is 0.418. The van der Waals surface area contributed by atoms with Crippen molar-refractivity contribution >= 4 is 28.8 Å². The van der Waals surface area contributed by atoms with E-state index in [0.717, 1.165) is 6.20 Å². The Morgan fingerprint density at radius 3 is 2.61 bits per heavy atom. The fourth-order valence-electron chi connectivity index (χ4n) is 2.82. The summed E-state index contributed by atoms with van der Waals surface area (Å²) in [6.45, 7) is 1.51. The Balaban J connectivity index is 1.91. The van der Waals surface area contributed by atoms with Gasteiger partial charge < -0.3 is 15.7 Å². The smallest absolute Gasteiger partial charge is 0.387 e. The average molecular weight is 489 g/mol. The van der Waals surface area contributed by atoms with Crippen molar-refractivity contribution < 1.29 is 27.5 Å². The summed E-state index contributed by atoms with van der Waals surface area (Å²) in [7, 11) is 0. The second-order valence-electron chi connectivity index (χ2n) is 7.83. The summed E-state index contributed by atoms with van der Waals surface area (Å²) in [4.78, 5) is 21.0. The molecule has 3 heterocycles. The van der Waals surface area contributed by atoms with Crippen molar-refractivity contribution in [1.29, 1.82) is 0 Å². The molecule has 0 saturated heterocycles. The maximum absolute atomic E-state index is 14.0. The topological polar surface area (TPSA) is 104 Å². The molecule has 3 aromatic heterocycles. The Labute approximate surface area is 191 Å². The average Bonchev–Trinajstić information content (AvgIpc) is 3.13. The van der Waals surface area contributed by atoms with Gasteiger partial charge in [0.25, 0.3) is 5.91 Å². The number of fused-ring (bicyclic) bond motifs is 1. The third kappa shape index (κ3) is 6.29. The number of aliphatic hydroxyl groups is 1. The van der Waals surface area contributed by atoms with Crippen molar-refractivity contribution in [2.45, 2.75) is 38.2 Å². The van der Waals surface area contributed by atoms with E-state index >= 15 is 0 Å². The predicted molar refractivity (Wildman–Crippen MR) is 114 cm³/mol. The van der Waals surface area contributed by atoms with Gasteiger partial charge in [-0.25, -0.2) is 13.9 Å². The number of anilines is 1. The van der Waals surface area contributed by atoms with Gasteiger partial charge in [0.1, 0.15) is 11.9 Å². The van der Waals surface area contributed by atoms with E-state index in [1.807, 2.05) is 0 Å². The van der Waals surface area contributed by atoms with Crippen LogP contribution in [0.3, 0.4) is 0 Å². The van der Waals surface area contributed by atoms with E-state index in [9.17, 15) is 27.5 Å². The van der Waals surface area contributed by atoms with Crippen LogP contribution in [0.4, 0.5) is 23.2 Å². The van der Waals surface area contributed by atoms with Crippen LogP contribution >= 0.6 is 11.6 Å². The Morgan fingerprint density at radius 1 is 1.21 bits per heavy atom. The molecule has 0 aromatic carbocycles. The number of rotatable bonds is 8. The first-order valence-electron chi connectivity index (χ1n) is 9.80. The van der Waals surface area contributed by atoms with Gasteiger partial charge in [-0.2, -0.15) is 18.3 Å². The fraction of sp³-hybridized carbons (Fsp3) is 0.400. The molecule has 1 amide bonds. The summed E-state index contributed by atoms with van der Waals surface area (Å²) in [6, 6.07) is 2.95. The van der Waals surface area contributed by atoms with Crippen molar-refractivity contribution in [3.8, 4) is 11.4 Å². The van der Waals surface area contributed by atoms with E-state index in [1.165, 1.54) is 36.8 Å². The first kappa shape index (κ1) is 24.6. The van der Waals surface area contributed by atoms with Crippen LogP contribution in [0, 0.1) is 0 Å². The molecule has 3 aromatic rings. The largest absolute Gasteiger partial charge is 0.390 e. The summed E-state index contributed by atoms with van der Waals surface area (Å²) in [6.07, 6.45) is -3.28. The van der Waals surface area contributed by atoms with Crippen molar-refractivity contribution in [3.63, 3.8) is 0 Å². The molecule has 0 aliphatic carbocycles. The van der Waals surface area contributed by atoms with E-state index in [-0.39, 0.29) is 16.9 Å². The molecule has 13 heteroatoms. The highest BCUT2D eigenvalue weighted by Gasteiger charge is 2.28. The lowest BCUT2D eigenvalue weighted by molar-refractivity contribution is -0.131. The molecule has 0 fully saturated rings. The number of nitrogens with zero attached hydrogens (tertiary/aromatic N) is 4.